The van der Waals surface area contributed by atoms with Gasteiger partial charge in [0.1, 0.15) is 99.6 Å². The summed E-state index contributed by atoms with van der Waals surface area (Å²) in [7, 11) is -8.64. The Bertz CT molecular complexity index is 5100. The molecule has 0 saturated carbocycles. The number of aromatic nitrogens is 6. The van der Waals surface area contributed by atoms with Crippen molar-refractivity contribution in [3.05, 3.63) is 199 Å². The summed E-state index contributed by atoms with van der Waals surface area (Å²) in [6.07, 6.45) is -7.02. The van der Waals surface area contributed by atoms with Crippen LogP contribution in [0.3, 0.4) is 0 Å². The molecule has 0 radical (unpaired) electrons. The fourth-order valence-corrected chi connectivity index (χ4v) is 19.5. The maximum absolute atomic E-state index is 15.9. The third kappa shape index (κ3) is 29.8. The van der Waals surface area contributed by atoms with E-state index in [0.717, 1.165) is 60.1 Å². The third-order valence-electron chi connectivity index (χ3n) is 17.6. The molecule has 0 spiro atoms. The van der Waals surface area contributed by atoms with Crippen LogP contribution in [0, 0.1) is 11.8 Å². The van der Waals surface area contributed by atoms with Crippen LogP contribution in [-0.2, 0) is 69.4 Å². The van der Waals surface area contributed by atoms with Crippen LogP contribution in [0.2, 0.25) is 10.0 Å². The second-order valence-electron chi connectivity index (χ2n) is 32.6. The van der Waals surface area contributed by atoms with Crippen molar-refractivity contribution in [1.82, 2.24) is 38.8 Å². The molecule has 6 heterocycles. The Balaban J connectivity index is 0.000000242. The molecule has 6 N–H and O–H groups in total. The number of esters is 2. The average molecular weight is 1880 g/mol. The number of thioether (sulfide) groups is 3. The van der Waals surface area contributed by atoms with Crippen molar-refractivity contribution in [2.45, 2.75) is 215 Å². The van der Waals surface area contributed by atoms with Gasteiger partial charge in [-0.05, 0) is 175 Å². The lowest BCUT2D eigenvalue weighted by Gasteiger charge is -2.28. The van der Waals surface area contributed by atoms with Crippen LogP contribution in [0.4, 0.5) is 49.8 Å². The topological polar surface area (TPSA) is 431 Å². The summed E-state index contributed by atoms with van der Waals surface area (Å²) in [5.74, 6) is -3.09. The number of amides is 4. The Morgan fingerprint density at radius 1 is 0.496 bits per heavy atom. The molecule has 3 aromatic heterocycles. The summed E-state index contributed by atoms with van der Waals surface area (Å²) < 4.78 is 131. The lowest BCUT2D eigenvalue weighted by molar-refractivity contribution is -0.147. The Labute approximate surface area is 742 Å². The highest BCUT2D eigenvalue weighted by atomic mass is 35.5. The molecule has 3 fully saturated rings. The number of anilines is 3. The number of nitrogens with one attached hydrogen (secondary N) is 2. The van der Waals surface area contributed by atoms with Gasteiger partial charge in [0.25, 0.3) is 0 Å². The standard InChI is InChI=1S/C36H45ClFN4O10PS.C25H27ClFN4O7PS.C20H30FN3O6S/c1-22-27(21-49-53(47,52-26-16-14-25(37)15-17-26)40-23(2)31(43)48-20-24-12-10-9-11-13-24)54-30(29(22)38)41-19-18-28(39-32(41)44)42(33(45)50-35(3,4)5)34(46)51-36(6,7)8;1-15(24(33)36-13-16-5-3-2-4-6-16)30-39(35,38-18-9-7-17(26)8-10-18)37-14-19-22(32)21(27)23(40-19)31-12-11-20(28)29-25(31)34;1-11-12(10-25)31-15(14(11)21)23-9-8-13(22-16(23)26)24(17(27)29-19(2,3)4)18(28)30-20(5,6)7/h9-19,22-23,27,29-30H,20-21H2,1-8H3,(H,40,47);2-12,15,19,21-23,32H,13-14H2,1H3,(H,30,35)(H2,28,29,34);8-9,11-12,14-15,25H,10H2,1-7H3/t22-,23+,27-,29+,30-,53?;15-,19+,21-,22+,23+,39?;11-,12-,14+,15-/m101/s1. The minimum Gasteiger partial charge on any atom is -0.460 e. The number of nitrogen functional groups attached to an aromatic ring is 1. The summed E-state index contributed by atoms with van der Waals surface area (Å²) in [5.41, 5.74) is 0.617. The van der Waals surface area contributed by atoms with E-state index in [9.17, 15) is 66.9 Å². The first-order valence-electron chi connectivity index (χ1n) is 38.9. The molecule has 16 atom stereocenters. The number of imide groups is 2. The maximum atomic E-state index is 15.9. The van der Waals surface area contributed by atoms with Gasteiger partial charge in [-0.15, -0.1) is 35.3 Å². The molecule has 4 aromatic carbocycles. The molecule has 3 aliphatic heterocycles. The molecule has 0 bridgehead atoms. The van der Waals surface area contributed by atoms with Crippen molar-refractivity contribution in [2.24, 2.45) is 11.8 Å². The van der Waals surface area contributed by atoms with E-state index in [1.54, 1.807) is 145 Å². The summed E-state index contributed by atoms with van der Waals surface area (Å²) in [6.45, 7) is 24.5. The number of aliphatic hydroxyl groups is 2. The van der Waals surface area contributed by atoms with Crippen LogP contribution < -0.4 is 51.8 Å². The minimum atomic E-state index is -4.33. The molecule has 4 amide bonds. The number of carbonyl (C=O) groups excluding carboxylic acids is 6. The highest BCUT2D eigenvalue weighted by molar-refractivity contribution is 8.00. The molecule has 44 heteroatoms. The van der Waals surface area contributed by atoms with E-state index in [-0.39, 0.29) is 60.6 Å². The van der Waals surface area contributed by atoms with Crippen LogP contribution in [-0.4, -0.2) is 170 Å². The van der Waals surface area contributed by atoms with E-state index in [1.807, 2.05) is 12.1 Å². The normalized spacial score (nSPS) is 22.0. The van der Waals surface area contributed by atoms with Gasteiger partial charge in [0, 0.05) is 51.0 Å². The lowest BCUT2D eigenvalue weighted by atomic mass is 10.0. The van der Waals surface area contributed by atoms with Gasteiger partial charge in [-0.25, -0.2) is 55.9 Å². The number of rotatable bonds is 26. The van der Waals surface area contributed by atoms with Gasteiger partial charge in [0.05, 0.1) is 25.1 Å². The minimum absolute atomic E-state index is 0.00155. The Morgan fingerprint density at radius 2 is 0.816 bits per heavy atom. The first kappa shape index (κ1) is 101. The van der Waals surface area contributed by atoms with E-state index in [4.69, 9.17) is 75.5 Å². The Morgan fingerprint density at radius 3 is 1.15 bits per heavy atom. The van der Waals surface area contributed by atoms with Gasteiger partial charge in [0.2, 0.25) is 0 Å². The molecule has 7 aromatic rings. The highest BCUT2D eigenvalue weighted by Crippen LogP contribution is 2.53. The molecule has 125 heavy (non-hydrogen) atoms. The number of alkyl halides is 3. The molecule has 3 aliphatic rings. The van der Waals surface area contributed by atoms with Crippen LogP contribution in [0.25, 0.3) is 0 Å². The number of benzene rings is 4. The molecule has 0 aliphatic carbocycles. The number of hydrogen-bond donors (Lipinski definition) is 5. The van der Waals surface area contributed by atoms with E-state index in [1.165, 1.54) is 99.2 Å². The number of nitrogens with zero attached hydrogens (tertiary/aromatic N) is 8. The Kier molecular flexibility index (Phi) is 35.4. The molecule has 682 valence electrons. The molecule has 34 nitrogen and oxygen atoms in total. The predicted octanol–water partition coefficient (Wildman–Crippen LogP) is 15.3. The van der Waals surface area contributed by atoms with Crippen LogP contribution >= 0.6 is 74.0 Å². The zero-order chi connectivity index (χ0) is 92.6. The third-order valence-corrected chi connectivity index (χ3v) is 26.3. The van der Waals surface area contributed by atoms with E-state index < -0.39 is 173 Å². The largest absolute Gasteiger partial charge is 0.460 e. The zero-order valence-electron chi connectivity index (χ0n) is 71.1. The van der Waals surface area contributed by atoms with Gasteiger partial charge < -0.3 is 53.4 Å². The van der Waals surface area contributed by atoms with Crippen LogP contribution in [0.15, 0.2) is 160 Å². The van der Waals surface area contributed by atoms with Gasteiger partial charge in [-0.3, -0.25) is 32.3 Å². The average Bonchev–Trinajstić information content (AvgIpc) is 1.70. The van der Waals surface area contributed by atoms with E-state index in [2.05, 4.69) is 25.1 Å². The van der Waals surface area contributed by atoms with E-state index in [0.29, 0.717) is 19.8 Å². The SMILES string of the molecule is C[C@H](NP(=O)(OC[C@H]1S[C@@H](n2ccc(N)nc2=O)[C@@H](F)[C@@H]1O)Oc1ccc(Cl)cc1)C(=O)OCc1ccccc1.C[C@H]1[C@H](F)[C@H](n2ccc(N(C(=O)OC(C)(C)C)C(=O)OC(C)(C)C)nc2=O)S[C@@H]1CO.C[C@H]1[C@H](F)[C@H](n2ccc(N(C(=O)OC(C)(C)C)C(=O)OC(C)(C)C)nc2=O)S[C@@H]1COP(=O)(N[C@@H](C)C(=O)OCc1ccccc1)Oc1ccc(Cl)cc1. The number of halogens is 5. The maximum Gasteiger partial charge on any atom is 0.459 e. The van der Waals surface area contributed by atoms with Gasteiger partial charge >= 0.3 is 68.9 Å². The summed E-state index contributed by atoms with van der Waals surface area (Å²) in [6, 6.07) is 31.4. The number of nitrogens with two attached hydrogens (primary N) is 1. The highest BCUT2D eigenvalue weighted by Gasteiger charge is 2.49. The molecular formula is C81H102Cl2F3N11O23P2S3. The number of hydrogen-bond acceptors (Lipinski definition) is 30. The molecule has 3 saturated heterocycles. The number of aliphatic hydroxyl groups excluding tert-OH is 2. The van der Waals surface area contributed by atoms with E-state index >= 15 is 8.78 Å². The summed E-state index contributed by atoms with van der Waals surface area (Å²) >= 11 is 15.0. The number of carbonyl (C=O) groups is 6. The Hall–Kier alpha value is -9.02. The second-order valence-corrected chi connectivity index (χ2v) is 40.9. The predicted molar refractivity (Wildman–Crippen MR) is 466 cm³/mol. The lowest BCUT2D eigenvalue weighted by Crippen LogP contribution is -2.45. The fraction of sp³-hybridized carbons (Fsp3) is 0.481. The van der Waals surface area contributed by atoms with Crippen molar-refractivity contribution in [1.29, 1.82) is 0 Å². The fourth-order valence-electron chi connectivity index (χ4n) is 11.5. The first-order valence-corrected chi connectivity index (χ1v) is 45.6. The van der Waals surface area contributed by atoms with Crippen molar-refractivity contribution in [3.8, 4) is 11.5 Å². The van der Waals surface area contributed by atoms with Gasteiger partial charge in [-0.2, -0.15) is 34.9 Å². The first-order chi connectivity index (χ1) is 58.3. The second kappa shape index (κ2) is 43.7. The van der Waals surface area contributed by atoms with Crippen LogP contribution in [0.1, 0.15) is 138 Å². The van der Waals surface area contributed by atoms with Gasteiger partial charge in [0.15, 0.2) is 17.8 Å². The van der Waals surface area contributed by atoms with Gasteiger partial charge in [-0.1, -0.05) is 97.7 Å². The monoisotopic (exact) mass is 1880 g/mol. The summed E-state index contributed by atoms with van der Waals surface area (Å²) in [5, 5.41) is 20.8. The molecule has 2 unspecified atom stereocenters. The smallest absolute Gasteiger partial charge is 0.459 e. The zero-order valence-corrected chi connectivity index (χ0v) is 76.9. The van der Waals surface area contributed by atoms with Crippen molar-refractivity contribution in [2.75, 3.05) is 35.4 Å². The van der Waals surface area contributed by atoms with Crippen LogP contribution in [0.5, 0.6) is 11.5 Å². The summed E-state index contributed by atoms with van der Waals surface area (Å²) in [4.78, 5) is 128. The molecular weight excluding hydrogens is 1780 g/mol. The van der Waals surface area contributed by atoms with Crippen molar-refractivity contribution < 1.29 is 108 Å². The molecule has 10 rings (SSSR count). The number of ether oxygens (including phenoxy) is 6. The van der Waals surface area contributed by atoms with Crippen molar-refractivity contribution >= 4 is 128 Å². The van der Waals surface area contributed by atoms with Crippen molar-refractivity contribution in [3.63, 3.8) is 0 Å². The quantitative estimate of drug-likeness (QED) is 0.0191.